The first kappa shape index (κ1) is 13.9. The maximum absolute atomic E-state index is 14.1. The van der Waals surface area contributed by atoms with Crippen LogP contribution in [0.15, 0.2) is 30.9 Å². The number of hydrogen-bond donors (Lipinski definition) is 1. The third-order valence-electron chi connectivity index (χ3n) is 2.64. The summed E-state index contributed by atoms with van der Waals surface area (Å²) in [4.78, 5) is 11.2. The maximum atomic E-state index is 14.1. The fourth-order valence-corrected chi connectivity index (χ4v) is 1.69. The number of nitrogens with one attached hydrogen (secondary N) is 1. The zero-order valence-electron chi connectivity index (χ0n) is 11.2. The minimum Gasteiger partial charge on any atom is -0.322 e. The molecule has 0 unspecified atom stereocenters. The van der Waals surface area contributed by atoms with Gasteiger partial charge in [-0.25, -0.2) is 9.07 Å². The molecule has 0 aliphatic heterocycles. The van der Waals surface area contributed by atoms with Gasteiger partial charge in [0, 0.05) is 5.69 Å². The Morgan fingerprint density at radius 2 is 2.25 bits per heavy atom. The molecular weight excluding hydrogens is 261 g/mol. The van der Waals surface area contributed by atoms with Gasteiger partial charge in [-0.05, 0) is 48.5 Å². The van der Waals surface area contributed by atoms with E-state index in [4.69, 9.17) is 0 Å². The summed E-state index contributed by atoms with van der Waals surface area (Å²) in [6, 6.07) is 4.34. The Bertz CT molecular complexity index is 650. The molecule has 0 aliphatic carbocycles. The lowest BCUT2D eigenvalue weighted by molar-refractivity contribution is -0.111. The van der Waals surface area contributed by atoms with Crippen LogP contribution in [0.2, 0.25) is 0 Å². The quantitative estimate of drug-likeness (QED) is 0.868. The first-order valence-electron chi connectivity index (χ1n) is 6.04. The predicted octanol–water partition coefficient (Wildman–Crippen LogP) is 2.18. The van der Waals surface area contributed by atoms with Gasteiger partial charge in [-0.1, -0.05) is 6.58 Å². The fourth-order valence-electron chi connectivity index (χ4n) is 1.69. The third kappa shape index (κ3) is 2.71. The molecular formula is C13H14FN5O. The Balaban J connectivity index is 2.37. The van der Waals surface area contributed by atoms with Crippen LogP contribution in [0.25, 0.3) is 11.4 Å². The van der Waals surface area contributed by atoms with Gasteiger partial charge in [0.25, 0.3) is 0 Å². The van der Waals surface area contributed by atoms with Crippen LogP contribution in [0.3, 0.4) is 0 Å². The van der Waals surface area contributed by atoms with Crippen molar-refractivity contribution in [1.82, 2.24) is 20.2 Å². The van der Waals surface area contributed by atoms with Crippen molar-refractivity contribution >= 4 is 11.6 Å². The number of tetrazole rings is 1. The number of carbonyl (C=O) groups is 1. The number of halogens is 1. The SMILES string of the molecule is C=CC(=O)Nc1ccc(-c2nnnn2C(C)C)c(F)c1. The van der Waals surface area contributed by atoms with Gasteiger partial charge in [0.1, 0.15) is 5.82 Å². The summed E-state index contributed by atoms with van der Waals surface area (Å²) in [7, 11) is 0. The van der Waals surface area contributed by atoms with Crippen LogP contribution in [0, 0.1) is 5.82 Å². The zero-order chi connectivity index (χ0) is 14.7. The summed E-state index contributed by atoms with van der Waals surface area (Å²) in [5.41, 5.74) is 0.625. The van der Waals surface area contributed by atoms with Crippen molar-refractivity contribution in [3.05, 3.63) is 36.7 Å². The van der Waals surface area contributed by atoms with E-state index in [1.807, 2.05) is 13.8 Å². The highest BCUT2D eigenvalue weighted by atomic mass is 19.1. The molecule has 6 nitrogen and oxygen atoms in total. The van der Waals surface area contributed by atoms with Gasteiger partial charge in [0.15, 0.2) is 5.82 Å². The Morgan fingerprint density at radius 3 is 2.85 bits per heavy atom. The standard InChI is InChI=1S/C13H14FN5O/c1-4-12(20)15-9-5-6-10(11(14)7-9)13-16-17-18-19(13)8(2)3/h4-8H,1H2,2-3H3,(H,15,20). The molecule has 0 fully saturated rings. The molecule has 1 aromatic carbocycles. The number of amides is 1. The van der Waals surface area contributed by atoms with Crippen molar-refractivity contribution in [1.29, 1.82) is 0 Å². The number of anilines is 1. The second-order valence-electron chi connectivity index (χ2n) is 4.43. The topological polar surface area (TPSA) is 72.7 Å². The van der Waals surface area contributed by atoms with Crippen molar-refractivity contribution in [2.24, 2.45) is 0 Å². The molecule has 0 bridgehead atoms. The molecule has 0 atom stereocenters. The molecule has 1 aromatic heterocycles. The van der Waals surface area contributed by atoms with Gasteiger partial charge in [-0.15, -0.1) is 5.10 Å². The van der Waals surface area contributed by atoms with Gasteiger partial charge in [0.2, 0.25) is 5.91 Å². The van der Waals surface area contributed by atoms with Crippen LogP contribution >= 0.6 is 0 Å². The van der Waals surface area contributed by atoms with E-state index in [1.165, 1.54) is 16.8 Å². The van der Waals surface area contributed by atoms with Crippen LogP contribution < -0.4 is 5.32 Å². The van der Waals surface area contributed by atoms with Gasteiger partial charge in [-0.3, -0.25) is 4.79 Å². The Hall–Kier alpha value is -2.57. The van der Waals surface area contributed by atoms with Crippen LogP contribution in [-0.2, 0) is 4.79 Å². The molecule has 104 valence electrons. The molecule has 2 aromatic rings. The largest absolute Gasteiger partial charge is 0.322 e. The van der Waals surface area contributed by atoms with E-state index in [0.717, 1.165) is 6.08 Å². The number of benzene rings is 1. The summed E-state index contributed by atoms with van der Waals surface area (Å²) in [5.74, 6) is -0.563. The van der Waals surface area contributed by atoms with Crippen LogP contribution in [0.5, 0.6) is 0 Å². The second kappa shape index (κ2) is 5.60. The molecule has 7 heteroatoms. The summed E-state index contributed by atoms with van der Waals surface area (Å²) < 4.78 is 15.7. The van der Waals surface area contributed by atoms with E-state index >= 15 is 0 Å². The first-order valence-corrected chi connectivity index (χ1v) is 6.04. The smallest absolute Gasteiger partial charge is 0.247 e. The Morgan fingerprint density at radius 1 is 1.50 bits per heavy atom. The highest BCUT2D eigenvalue weighted by molar-refractivity contribution is 5.98. The normalized spacial score (nSPS) is 10.6. The van der Waals surface area contributed by atoms with Gasteiger partial charge in [-0.2, -0.15) is 0 Å². The van der Waals surface area contributed by atoms with E-state index < -0.39 is 11.7 Å². The van der Waals surface area contributed by atoms with Gasteiger partial charge < -0.3 is 5.32 Å². The Labute approximate surface area is 115 Å². The second-order valence-corrected chi connectivity index (χ2v) is 4.43. The molecule has 0 spiro atoms. The van der Waals surface area contributed by atoms with Crippen molar-refractivity contribution in [3.63, 3.8) is 0 Å². The lowest BCUT2D eigenvalue weighted by atomic mass is 10.1. The summed E-state index contributed by atoms with van der Waals surface area (Å²) in [6.07, 6.45) is 1.12. The van der Waals surface area contributed by atoms with Gasteiger partial charge in [0.05, 0.1) is 11.6 Å². The van der Waals surface area contributed by atoms with E-state index in [0.29, 0.717) is 11.5 Å². The molecule has 0 radical (unpaired) electrons. The Kier molecular flexibility index (Phi) is 3.88. The average Bonchev–Trinajstić information content (AvgIpc) is 2.88. The highest BCUT2D eigenvalue weighted by Gasteiger charge is 2.15. The number of nitrogens with zero attached hydrogens (tertiary/aromatic N) is 4. The molecule has 1 heterocycles. The maximum Gasteiger partial charge on any atom is 0.247 e. The number of aromatic nitrogens is 4. The predicted molar refractivity (Wildman–Crippen MR) is 72.4 cm³/mol. The lowest BCUT2D eigenvalue weighted by Crippen LogP contribution is -2.08. The molecule has 0 saturated heterocycles. The first-order chi connectivity index (χ1) is 9.52. The van der Waals surface area contributed by atoms with Crippen molar-refractivity contribution in [2.45, 2.75) is 19.9 Å². The van der Waals surface area contributed by atoms with Crippen molar-refractivity contribution in [3.8, 4) is 11.4 Å². The van der Waals surface area contributed by atoms with E-state index in [2.05, 4.69) is 27.4 Å². The van der Waals surface area contributed by atoms with Gasteiger partial charge >= 0.3 is 0 Å². The molecule has 0 aliphatic rings. The summed E-state index contributed by atoms with van der Waals surface area (Å²) >= 11 is 0. The van der Waals surface area contributed by atoms with Crippen molar-refractivity contribution in [2.75, 3.05) is 5.32 Å². The molecule has 1 amide bonds. The minimum absolute atomic E-state index is 0.0135. The summed E-state index contributed by atoms with van der Waals surface area (Å²) in [6.45, 7) is 7.13. The lowest BCUT2D eigenvalue weighted by Gasteiger charge is -2.09. The van der Waals surface area contributed by atoms with E-state index in [-0.39, 0.29) is 11.6 Å². The summed E-state index contributed by atoms with van der Waals surface area (Å²) in [5, 5.41) is 13.7. The fraction of sp³-hybridized carbons (Fsp3) is 0.231. The van der Waals surface area contributed by atoms with Crippen molar-refractivity contribution < 1.29 is 9.18 Å². The number of carbonyl (C=O) groups excluding carboxylic acids is 1. The molecule has 1 N–H and O–H groups in total. The third-order valence-corrected chi connectivity index (χ3v) is 2.64. The number of rotatable bonds is 4. The monoisotopic (exact) mass is 275 g/mol. The van der Waals surface area contributed by atoms with Crippen LogP contribution in [0.4, 0.5) is 10.1 Å². The molecule has 20 heavy (non-hydrogen) atoms. The number of hydrogen-bond acceptors (Lipinski definition) is 4. The zero-order valence-corrected chi connectivity index (χ0v) is 11.2. The van der Waals surface area contributed by atoms with E-state index in [9.17, 15) is 9.18 Å². The average molecular weight is 275 g/mol. The minimum atomic E-state index is -0.511. The van der Waals surface area contributed by atoms with Crippen LogP contribution in [-0.4, -0.2) is 26.1 Å². The highest BCUT2D eigenvalue weighted by Crippen LogP contribution is 2.24. The van der Waals surface area contributed by atoms with E-state index in [1.54, 1.807) is 6.07 Å². The molecule has 2 rings (SSSR count). The van der Waals surface area contributed by atoms with Crippen LogP contribution in [0.1, 0.15) is 19.9 Å². The molecule has 0 saturated carbocycles.